The first-order valence-electron chi connectivity index (χ1n) is 7.23. The van der Waals surface area contributed by atoms with Crippen LogP contribution in [0, 0.1) is 0 Å². The van der Waals surface area contributed by atoms with Gasteiger partial charge in [0.25, 0.3) is 0 Å². The molecule has 0 spiro atoms. The fourth-order valence-corrected chi connectivity index (χ4v) is 2.11. The van der Waals surface area contributed by atoms with Crippen molar-refractivity contribution in [3.8, 4) is 5.75 Å². The van der Waals surface area contributed by atoms with Gasteiger partial charge in [-0.25, -0.2) is 0 Å². The van der Waals surface area contributed by atoms with Crippen molar-refractivity contribution in [1.29, 1.82) is 0 Å². The number of hydrogen-bond donors (Lipinski definition) is 3. The quantitative estimate of drug-likeness (QED) is 0.784. The van der Waals surface area contributed by atoms with E-state index in [0.29, 0.717) is 12.0 Å². The molecular formula is C17H17F3N2O2. The molecule has 2 aromatic rings. The first-order valence-corrected chi connectivity index (χ1v) is 7.23. The normalized spacial score (nSPS) is 12.7. The average molecular weight is 338 g/mol. The number of nitrogens with one attached hydrogen (secondary N) is 1. The maximum Gasteiger partial charge on any atom is 0.416 e. The minimum absolute atomic E-state index is 0.0975. The lowest BCUT2D eigenvalue weighted by atomic mass is 10.1. The summed E-state index contributed by atoms with van der Waals surface area (Å²) in [5, 5.41) is 11.8. The van der Waals surface area contributed by atoms with Crippen LogP contribution in [0.15, 0.2) is 48.5 Å². The first-order chi connectivity index (χ1) is 11.3. The predicted molar refractivity (Wildman–Crippen MR) is 83.1 cm³/mol. The van der Waals surface area contributed by atoms with Gasteiger partial charge in [0, 0.05) is 6.54 Å². The van der Waals surface area contributed by atoms with Crippen molar-refractivity contribution in [1.82, 2.24) is 5.32 Å². The van der Waals surface area contributed by atoms with Gasteiger partial charge in [-0.2, -0.15) is 13.2 Å². The molecule has 0 aromatic heterocycles. The molecule has 0 heterocycles. The number of carbonyl (C=O) groups is 1. The van der Waals surface area contributed by atoms with E-state index in [2.05, 4.69) is 5.32 Å². The van der Waals surface area contributed by atoms with Gasteiger partial charge in [0.1, 0.15) is 5.75 Å². The number of phenolic OH excluding ortho intramolecular Hbond substituents is 1. The maximum absolute atomic E-state index is 12.5. The number of hydrogen-bond acceptors (Lipinski definition) is 3. The molecule has 0 saturated carbocycles. The molecule has 0 bridgehead atoms. The third kappa shape index (κ3) is 4.99. The van der Waals surface area contributed by atoms with Crippen molar-refractivity contribution < 1.29 is 23.1 Å². The number of halogens is 3. The van der Waals surface area contributed by atoms with Gasteiger partial charge in [0.2, 0.25) is 5.91 Å². The molecule has 0 aliphatic carbocycles. The second-order valence-corrected chi connectivity index (χ2v) is 5.39. The van der Waals surface area contributed by atoms with Crippen LogP contribution in [0.5, 0.6) is 5.75 Å². The van der Waals surface area contributed by atoms with E-state index in [9.17, 15) is 23.1 Å². The van der Waals surface area contributed by atoms with Crippen molar-refractivity contribution in [3.05, 3.63) is 65.2 Å². The molecular weight excluding hydrogens is 321 g/mol. The van der Waals surface area contributed by atoms with Gasteiger partial charge in [0.15, 0.2) is 0 Å². The maximum atomic E-state index is 12.5. The van der Waals surface area contributed by atoms with Gasteiger partial charge in [-0.05, 0) is 41.8 Å². The van der Waals surface area contributed by atoms with Crippen LogP contribution in [-0.2, 0) is 23.9 Å². The smallest absolute Gasteiger partial charge is 0.416 e. The fraction of sp³-hybridized carbons (Fsp3) is 0.235. The molecule has 1 atom stereocenters. The van der Waals surface area contributed by atoms with Gasteiger partial charge in [0.05, 0.1) is 11.6 Å². The van der Waals surface area contributed by atoms with E-state index in [1.165, 1.54) is 24.3 Å². The van der Waals surface area contributed by atoms with Crippen LogP contribution >= 0.6 is 0 Å². The van der Waals surface area contributed by atoms with E-state index in [-0.39, 0.29) is 12.3 Å². The lowest BCUT2D eigenvalue weighted by Gasteiger charge is -2.13. The van der Waals surface area contributed by atoms with Crippen molar-refractivity contribution in [2.75, 3.05) is 0 Å². The first kappa shape index (κ1) is 17.8. The van der Waals surface area contributed by atoms with E-state index in [0.717, 1.165) is 17.7 Å². The molecule has 2 aromatic carbocycles. The van der Waals surface area contributed by atoms with E-state index >= 15 is 0 Å². The Labute approximate surface area is 137 Å². The Bertz CT molecular complexity index is 682. The Kier molecular flexibility index (Phi) is 5.46. The third-order valence-electron chi connectivity index (χ3n) is 3.48. The Balaban J connectivity index is 1.86. The van der Waals surface area contributed by atoms with Crippen LogP contribution < -0.4 is 11.1 Å². The third-order valence-corrected chi connectivity index (χ3v) is 3.48. The molecule has 24 heavy (non-hydrogen) atoms. The standard InChI is InChI=1S/C17H17F3N2O2/c18-17(19,20)13-5-1-12(2-6-13)10-22-16(24)15(21)9-11-3-7-14(23)8-4-11/h1-8,15,23H,9-10,21H2,(H,22,24)/t15-/m0/s1. The summed E-state index contributed by atoms with van der Waals surface area (Å²) >= 11 is 0. The molecule has 0 fully saturated rings. The Morgan fingerprint density at radius 3 is 2.12 bits per heavy atom. The van der Waals surface area contributed by atoms with E-state index in [4.69, 9.17) is 5.73 Å². The summed E-state index contributed by atoms with van der Waals surface area (Å²) in [4.78, 5) is 11.9. The van der Waals surface area contributed by atoms with Crippen LogP contribution in [0.25, 0.3) is 0 Å². The van der Waals surface area contributed by atoms with Crippen molar-refractivity contribution in [2.24, 2.45) is 5.73 Å². The Morgan fingerprint density at radius 2 is 1.58 bits per heavy atom. The van der Waals surface area contributed by atoms with E-state index in [1.54, 1.807) is 12.1 Å². The van der Waals surface area contributed by atoms with E-state index < -0.39 is 23.7 Å². The zero-order chi connectivity index (χ0) is 17.7. The van der Waals surface area contributed by atoms with Gasteiger partial charge in [-0.1, -0.05) is 24.3 Å². The topological polar surface area (TPSA) is 75.3 Å². The Morgan fingerprint density at radius 1 is 1.04 bits per heavy atom. The summed E-state index contributed by atoms with van der Waals surface area (Å²) in [5.41, 5.74) is 6.42. The molecule has 7 heteroatoms. The molecule has 0 saturated heterocycles. The number of amides is 1. The van der Waals surface area contributed by atoms with Gasteiger partial charge in [-0.15, -0.1) is 0 Å². The van der Waals surface area contributed by atoms with Gasteiger partial charge < -0.3 is 16.2 Å². The largest absolute Gasteiger partial charge is 0.508 e. The highest BCUT2D eigenvalue weighted by Crippen LogP contribution is 2.29. The molecule has 0 aliphatic rings. The molecule has 128 valence electrons. The lowest BCUT2D eigenvalue weighted by Crippen LogP contribution is -2.41. The highest BCUT2D eigenvalue weighted by molar-refractivity contribution is 5.81. The molecule has 2 rings (SSSR count). The van der Waals surface area contributed by atoms with Crippen molar-refractivity contribution in [3.63, 3.8) is 0 Å². The summed E-state index contributed by atoms with van der Waals surface area (Å²) < 4.78 is 37.4. The summed E-state index contributed by atoms with van der Waals surface area (Å²) in [6.45, 7) is 0.0975. The van der Waals surface area contributed by atoms with Crippen LogP contribution in [0.4, 0.5) is 13.2 Å². The number of nitrogens with two attached hydrogens (primary N) is 1. The Hall–Kier alpha value is -2.54. The number of carbonyl (C=O) groups excluding carboxylic acids is 1. The second kappa shape index (κ2) is 7.35. The number of phenols is 1. The average Bonchev–Trinajstić information content (AvgIpc) is 2.54. The number of aromatic hydroxyl groups is 1. The summed E-state index contributed by atoms with van der Waals surface area (Å²) in [6.07, 6.45) is -4.09. The minimum Gasteiger partial charge on any atom is -0.508 e. The molecule has 4 N–H and O–H groups in total. The van der Waals surface area contributed by atoms with Crippen LogP contribution in [0.2, 0.25) is 0 Å². The van der Waals surface area contributed by atoms with Crippen LogP contribution in [0.1, 0.15) is 16.7 Å². The summed E-state index contributed by atoms with van der Waals surface area (Å²) in [6, 6.07) is 10.1. The summed E-state index contributed by atoms with van der Waals surface area (Å²) in [7, 11) is 0. The fourth-order valence-electron chi connectivity index (χ4n) is 2.11. The molecule has 0 aliphatic heterocycles. The highest BCUT2D eigenvalue weighted by atomic mass is 19.4. The molecule has 4 nitrogen and oxygen atoms in total. The monoisotopic (exact) mass is 338 g/mol. The van der Waals surface area contributed by atoms with Gasteiger partial charge in [-0.3, -0.25) is 4.79 Å². The second-order valence-electron chi connectivity index (χ2n) is 5.39. The van der Waals surface area contributed by atoms with E-state index in [1.807, 2.05) is 0 Å². The molecule has 1 amide bonds. The number of alkyl halides is 3. The molecule has 0 unspecified atom stereocenters. The molecule has 0 radical (unpaired) electrons. The van der Waals surface area contributed by atoms with Crippen LogP contribution in [0.3, 0.4) is 0 Å². The van der Waals surface area contributed by atoms with Crippen molar-refractivity contribution in [2.45, 2.75) is 25.2 Å². The number of rotatable bonds is 5. The van der Waals surface area contributed by atoms with Gasteiger partial charge >= 0.3 is 6.18 Å². The summed E-state index contributed by atoms with van der Waals surface area (Å²) in [5.74, 6) is -0.276. The highest BCUT2D eigenvalue weighted by Gasteiger charge is 2.29. The number of benzene rings is 2. The SMILES string of the molecule is N[C@@H](Cc1ccc(O)cc1)C(=O)NCc1ccc(C(F)(F)F)cc1. The van der Waals surface area contributed by atoms with Crippen molar-refractivity contribution >= 4 is 5.91 Å². The zero-order valence-corrected chi connectivity index (χ0v) is 12.7. The minimum atomic E-state index is -4.38. The zero-order valence-electron chi connectivity index (χ0n) is 12.7. The predicted octanol–water partition coefficient (Wildman–Crippen LogP) is 2.60. The van der Waals surface area contributed by atoms with Crippen LogP contribution in [-0.4, -0.2) is 17.1 Å². The lowest BCUT2D eigenvalue weighted by molar-refractivity contribution is -0.137.